The Balaban J connectivity index is 0.00000342. The fourth-order valence-electron chi connectivity index (χ4n) is 4.35. The topological polar surface area (TPSA) is 136 Å². The van der Waals surface area contributed by atoms with Crippen LogP contribution in [-0.4, -0.2) is 48.0 Å². The number of aromatic nitrogens is 2. The van der Waals surface area contributed by atoms with Gasteiger partial charge in [0.25, 0.3) is 5.91 Å². The predicted octanol–water partition coefficient (Wildman–Crippen LogP) is 3.10. The SMILES string of the molecule is C[C@@]1(C#N)C[C@@H]2[C@@H](CF)OC[C@]2(c2cc(NC(=O)c3cnc(OCF)cn3)ccc2F)N=C1N.S.S.S.S. The van der Waals surface area contributed by atoms with Gasteiger partial charge in [0.15, 0.2) is 0 Å². The maximum Gasteiger partial charge on any atom is 0.275 e. The normalized spacial score (nSPS) is 25.0. The van der Waals surface area contributed by atoms with Crippen molar-refractivity contribution in [3.8, 4) is 11.9 Å². The monoisotopic (exact) mass is 610 g/mol. The van der Waals surface area contributed by atoms with E-state index in [9.17, 15) is 18.8 Å². The number of anilines is 1. The third-order valence-electron chi connectivity index (χ3n) is 6.25. The predicted molar refractivity (Wildman–Crippen MR) is 155 cm³/mol. The van der Waals surface area contributed by atoms with E-state index in [1.165, 1.54) is 12.1 Å². The summed E-state index contributed by atoms with van der Waals surface area (Å²) in [7, 11) is 0. The molecule has 0 aliphatic carbocycles. The van der Waals surface area contributed by atoms with Gasteiger partial charge in [-0.05, 0) is 31.5 Å². The summed E-state index contributed by atoms with van der Waals surface area (Å²) in [5.74, 6) is -2.03. The number of nitrogens with two attached hydrogens (primary N) is 1. The van der Waals surface area contributed by atoms with Crippen molar-refractivity contribution in [2.24, 2.45) is 22.1 Å². The lowest BCUT2D eigenvalue weighted by molar-refractivity contribution is 0.0632. The summed E-state index contributed by atoms with van der Waals surface area (Å²) in [6.45, 7) is -0.456. The number of amides is 1. The number of nitrogens with zero attached hydrogens (tertiary/aromatic N) is 4. The Morgan fingerprint density at radius 2 is 1.97 bits per heavy atom. The first-order valence-electron chi connectivity index (χ1n) is 10.3. The van der Waals surface area contributed by atoms with Crippen LogP contribution in [0, 0.1) is 28.5 Å². The highest BCUT2D eigenvalue weighted by Crippen LogP contribution is 2.52. The van der Waals surface area contributed by atoms with Gasteiger partial charge in [-0.2, -0.15) is 59.2 Å². The third-order valence-corrected chi connectivity index (χ3v) is 6.25. The molecular formula is C22H29F3N6O3S4. The maximum absolute atomic E-state index is 15.1. The van der Waals surface area contributed by atoms with Crippen molar-refractivity contribution < 1.29 is 27.4 Å². The fourth-order valence-corrected chi connectivity index (χ4v) is 4.35. The first kappa shape index (κ1) is 35.7. The molecule has 1 amide bonds. The van der Waals surface area contributed by atoms with Gasteiger partial charge in [-0.25, -0.2) is 23.1 Å². The molecule has 0 radical (unpaired) electrons. The number of fused-ring (bicyclic) bond motifs is 1. The highest BCUT2D eigenvalue weighted by molar-refractivity contribution is 7.59. The van der Waals surface area contributed by atoms with Gasteiger partial charge in [0.05, 0.1) is 31.2 Å². The number of aliphatic imine (C=N–C) groups is 1. The molecule has 0 unspecified atom stereocenters. The first-order valence-corrected chi connectivity index (χ1v) is 10.3. The number of halogens is 3. The minimum absolute atomic E-state index is 0. The standard InChI is InChI=1S/C22H21F3N6O3.4H2S/c1-21(9-26)5-14-17(6-23)33-10-22(14,31-20(21)27)13-4-12(2-3-15(13)25)30-19(32)16-7-29-18(8-28-16)34-11-24;;;;/h2-4,7-8,14,17H,5-6,10-11H2,1H3,(H2,27,31)(H,30,32);4*1H2/t14-,17-,21+,22-;;;;/m1..../s1. The number of hydrogen-bond acceptors (Lipinski definition) is 8. The fraction of sp³-hybridized carbons (Fsp3) is 0.409. The van der Waals surface area contributed by atoms with Crippen LogP contribution in [0.3, 0.4) is 0 Å². The van der Waals surface area contributed by atoms with Gasteiger partial charge in [0, 0.05) is 17.2 Å². The molecule has 1 saturated heterocycles. The van der Waals surface area contributed by atoms with Gasteiger partial charge < -0.3 is 20.5 Å². The maximum atomic E-state index is 15.1. The van der Waals surface area contributed by atoms with Crippen LogP contribution < -0.4 is 15.8 Å². The van der Waals surface area contributed by atoms with E-state index < -0.39 is 48.2 Å². The number of nitriles is 1. The number of nitrogens with one attached hydrogen (secondary N) is 1. The molecule has 0 saturated carbocycles. The molecule has 2 aliphatic rings. The molecule has 2 aromatic rings. The zero-order chi connectivity index (χ0) is 24.5. The Morgan fingerprint density at radius 1 is 1.26 bits per heavy atom. The minimum atomic E-state index is -1.35. The van der Waals surface area contributed by atoms with E-state index in [4.69, 9.17) is 10.5 Å². The van der Waals surface area contributed by atoms with E-state index >= 15 is 4.39 Å². The van der Waals surface area contributed by atoms with E-state index in [1.807, 2.05) is 0 Å². The van der Waals surface area contributed by atoms with Crippen LogP contribution in [0.1, 0.15) is 29.4 Å². The number of carbonyl (C=O) groups excluding carboxylic acids is 1. The second-order valence-corrected chi connectivity index (χ2v) is 8.32. The van der Waals surface area contributed by atoms with Crippen LogP contribution >= 0.6 is 54.0 Å². The second-order valence-electron chi connectivity index (χ2n) is 8.32. The molecule has 4 atom stereocenters. The molecule has 3 N–H and O–H groups in total. The molecule has 38 heavy (non-hydrogen) atoms. The van der Waals surface area contributed by atoms with Crippen molar-refractivity contribution >= 4 is 71.4 Å². The summed E-state index contributed by atoms with van der Waals surface area (Å²) in [4.78, 5) is 24.7. The van der Waals surface area contributed by atoms with Crippen molar-refractivity contribution in [3.63, 3.8) is 0 Å². The molecule has 2 aliphatic heterocycles. The number of rotatable bonds is 6. The van der Waals surface area contributed by atoms with Gasteiger partial charge in [0.1, 0.15) is 35.0 Å². The van der Waals surface area contributed by atoms with E-state index in [-0.39, 0.29) is 95.7 Å². The van der Waals surface area contributed by atoms with Crippen molar-refractivity contribution in [1.82, 2.24) is 9.97 Å². The molecule has 3 heterocycles. The van der Waals surface area contributed by atoms with Crippen LogP contribution in [0.2, 0.25) is 0 Å². The zero-order valence-corrected chi connectivity index (χ0v) is 24.1. The summed E-state index contributed by atoms with van der Waals surface area (Å²) < 4.78 is 51.2. The molecular weight excluding hydrogens is 582 g/mol. The molecule has 1 aromatic heterocycles. The molecule has 0 bridgehead atoms. The minimum Gasteiger partial charge on any atom is -0.445 e. The summed E-state index contributed by atoms with van der Waals surface area (Å²) in [6.07, 6.45) is 1.44. The van der Waals surface area contributed by atoms with E-state index in [2.05, 4.69) is 31.1 Å². The van der Waals surface area contributed by atoms with E-state index in [0.29, 0.717) is 0 Å². The number of amidine groups is 1. The number of benzene rings is 1. The van der Waals surface area contributed by atoms with Crippen LogP contribution in [0.25, 0.3) is 0 Å². The number of alkyl halides is 2. The van der Waals surface area contributed by atoms with Gasteiger partial charge in [-0.1, -0.05) is 0 Å². The quantitative estimate of drug-likeness (QED) is 0.513. The van der Waals surface area contributed by atoms with Crippen molar-refractivity contribution in [3.05, 3.63) is 47.7 Å². The molecule has 9 nitrogen and oxygen atoms in total. The van der Waals surface area contributed by atoms with Gasteiger partial charge in [0.2, 0.25) is 12.7 Å². The van der Waals surface area contributed by atoms with Crippen LogP contribution in [0.5, 0.6) is 5.88 Å². The molecule has 210 valence electrons. The van der Waals surface area contributed by atoms with Gasteiger partial charge >= 0.3 is 0 Å². The largest absolute Gasteiger partial charge is 0.445 e. The number of hydrogen-bond donors (Lipinski definition) is 2. The van der Waals surface area contributed by atoms with Crippen molar-refractivity contribution in [2.75, 3.05) is 25.5 Å². The van der Waals surface area contributed by atoms with Gasteiger partial charge in [-0.15, -0.1) is 0 Å². The molecule has 16 heteroatoms. The smallest absolute Gasteiger partial charge is 0.275 e. The Kier molecular flexibility index (Phi) is 13.3. The molecule has 0 spiro atoms. The average molecular weight is 611 g/mol. The summed E-state index contributed by atoms with van der Waals surface area (Å²) in [5.41, 5.74) is 3.80. The van der Waals surface area contributed by atoms with Crippen molar-refractivity contribution in [1.29, 1.82) is 5.26 Å². The molecule has 1 fully saturated rings. The lowest BCUT2D eigenvalue weighted by atomic mass is 9.66. The average Bonchev–Trinajstić information content (AvgIpc) is 3.19. The van der Waals surface area contributed by atoms with E-state index in [0.717, 1.165) is 18.5 Å². The van der Waals surface area contributed by atoms with Gasteiger partial charge in [-0.3, -0.25) is 9.79 Å². The second kappa shape index (κ2) is 14.2. The summed E-state index contributed by atoms with van der Waals surface area (Å²) >= 11 is 0. The number of ether oxygens (including phenoxy) is 2. The highest BCUT2D eigenvalue weighted by atomic mass is 32.1. The summed E-state index contributed by atoms with van der Waals surface area (Å²) in [6, 6.07) is 5.98. The Hall–Kier alpha value is -2.32. The van der Waals surface area contributed by atoms with Crippen molar-refractivity contribution in [2.45, 2.75) is 25.0 Å². The van der Waals surface area contributed by atoms with Crippen LogP contribution in [0.4, 0.5) is 18.9 Å². The number of carbonyl (C=O) groups is 1. The third kappa shape index (κ3) is 6.45. The van der Waals surface area contributed by atoms with Crippen LogP contribution in [-0.2, 0) is 10.3 Å². The lowest BCUT2D eigenvalue weighted by Crippen LogP contribution is -2.50. The Labute approximate surface area is 245 Å². The Morgan fingerprint density at radius 3 is 2.55 bits per heavy atom. The zero-order valence-electron chi connectivity index (χ0n) is 20.1. The van der Waals surface area contributed by atoms with Crippen LogP contribution in [0.15, 0.2) is 35.6 Å². The summed E-state index contributed by atoms with van der Waals surface area (Å²) in [5, 5.41) is 12.2. The lowest BCUT2D eigenvalue weighted by Gasteiger charge is -2.41. The molecule has 4 rings (SSSR count). The Bertz CT molecular complexity index is 1190. The first-order chi connectivity index (χ1) is 16.3. The molecule has 1 aromatic carbocycles. The highest BCUT2D eigenvalue weighted by Gasteiger charge is 2.58. The van der Waals surface area contributed by atoms with E-state index in [1.54, 1.807) is 6.92 Å².